The zero-order valence-corrected chi connectivity index (χ0v) is 19.1. The van der Waals surface area contributed by atoms with Gasteiger partial charge in [-0.2, -0.15) is 9.40 Å². The fourth-order valence-electron chi connectivity index (χ4n) is 3.17. The maximum absolute atomic E-state index is 12.9. The Labute approximate surface area is 186 Å². The summed E-state index contributed by atoms with van der Waals surface area (Å²) in [6.45, 7) is 6.04. The van der Waals surface area contributed by atoms with Crippen molar-refractivity contribution in [3.05, 3.63) is 71.3 Å². The van der Waals surface area contributed by atoms with Gasteiger partial charge in [0.25, 0.3) is 5.91 Å². The number of carbonyl (C=O) groups is 1. The summed E-state index contributed by atoms with van der Waals surface area (Å²) in [4.78, 5) is 16.8. The first kappa shape index (κ1) is 22.9. The van der Waals surface area contributed by atoms with E-state index in [9.17, 15) is 13.2 Å². The van der Waals surface area contributed by atoms with Crippen LogP contribution in [0, 0.1) is 0 Å². The van der Waals surface area contributed by atoms with Gasteiger partial charge in [0.05, 0.1) is 27.2 Å². The quantitative estimate of drug-likeness (QED) is 0.554. The molecule has 1 N–H and O–H groups in total. The molecule has 1 unspecified atom stereocenters. The van der Waals surface area contributed by atoms with Crippen LogP contribution in [-0.4, -0.2) is 46.5 Å². The van der Waals surface area contributed by atoms with Crippen LogP contribution < -0.4 is 5.32 Å². The predicted octanol–water partition coefficient (Wildman–Crippen LogP) is 3.44. The molecule has 0 radical (unpaired) electrons. The molecule has 1 aromatic heterocycles. The van der Waals surface area contributed by atoms with Crippen LogP contribution in [0.2, 0.25) is 5.02 Å². The molecule has 0 saturated carbocycles. The smallest absolute Gasteiger partial charge is 0.253 e. The number of hydrogen-bond donors (Lipinski definition) is 1. The number of carbonyl (C=O) groups excluding carboxylic acids is 1. The Morgan fingerprint density at radius 1 is 1.16 bits per heavy atom. The molecule has 0 fully saturated rings. The second-order valence-electron chi connectivity index (χ2n) is 6.86. The van der Waals surface area contributed by atoms with Gasteiger partial charge in [0, 0.05) is 13.1 Å². The monoisotopic (exact) mass is 461 g/mol. The molecular formula is C21H24ClN5O3S. The Morgan fingerprint density at radius 3 is 2.42 bits per heavy atom. The fraction of sp³-hybridized carbons (Fsp3) is 0.286. The predicted molar refractivity (Wildman–Crippen MR) is 119 cm³/mol. The van der Waals surface area contributed by atoms with Crippen LogP contribution in [0.5, 0.6) is 0 Å². The number of hydrogen-bond acceptors (Lipinski definition) is 5. The van der Waals surface area contributed by atoms with Gasteiger partial charge in [-0.1, -0.05) is 37.6 Å². The first-order valence-electron chi connectivity index (χ1n) is 9.83. The summed E-state index contributed by atoms with van der Waals surface area (Å²) in [5.74, 6) is -0.450. The molecule has 0 saturated heterocycles. The standard InChI is InChI=1S/C21H24ClN5O3S/c1-4-26(5-2)31(29,30)18-10-11-20(22)19(12-18)21(28)25-15(3)16-6-8-17(9-7-16)27-14-23-13-24-27/h6-15H,4-5H2,1-3H3,(H,25,28). The molecule has 3 rings (SSSR count). The molecule has 1 atom stereocenters. The van der Waals surface area contributed by atoms with Crippen molar-refractivity contribution in [2.24, 2.45) is 0 Å². The van der Waals surface area contributed by atoms with Crippen molar-refractivity contribution in [2.45, 2.75) is 31.7 Å². The van der Waals surface area contributed by atoms with Crippen LogP contribution in [0.25, 0.3) is 5.69 Å². The zero-order valence-electron chi connectivity index (χ0n) is 17.5. The number of rotatable bonds is 8. The van der Waals surface area contributed by atoms with Crippen LogP contribution in [0.3, 0.4) is 0 Å². The van der Waals surface area contributed by atoms with Crippen molar-refractivity contribution >= 4 is 27.5 Å². The van der Waals surface area contributed by atoms with Crippen molar-refractivity contribution in [3.63, 3.8) is 0 Å². The highest BCUT2D eigenvalue weighted by atomic mass is 35.5. The number of benzene rings is 2. The van der Waals surface area contributed by atoms with Crippen molar-refractivity contribution < 1.29 is 13.2 Å². The molecule has 164 valence electrons. The lowest BCUT2D eigenvalue weighted by Gasteiger charge is -2.19. The van der Waals surface area contributed by atoms with E-state index in [4.69, 9.17) is 11.6 Å². The molecule has 2 aromatic carbocycles. The molecule has 3 aromatic rings. The highest BCUT2D eigenvalue weighted by Gasteiger charge is 2.24. The molecule has 0 aliphatic carbocycles. The summed E-state index contributed by atoms with van der Waals surface area (Å²) < 4.78 is 28.6. The molecule has 1 heterocycles. The Hall–Kier alpha value is -2.75. The second-order valence-corrected chi connectivity index (χ2v) is 9.20. The number of nitrogens with zero attached hydrogens (tertiary/aromatic N) is 4. The van der Waals surface area contributed by atoms with Crippen molar-refractivity contribution in [2.75, 3.05) is 13.1 Å². The van der Waals surface area contributed by atoms with E-state index in [0.717, 1.165) is 11.3 Å². The topological polar surface area (TPSA) is 97.2 Å². The van der Waals surface area contributed by atoms with E-state index < -0.39 is 15.9 Å². The van der Waals surface area contributed by atoms with Gasteiger partial charge in [0.15, 0.2) is 0 Å². The van der Waals surface area contributed by atoms with Gasteiger partial charge in [0.2, 0.25) is 10.0 Å². The lowest BCUT2D eigenvalue weighted by molar-refractivity contribution is 0.0940. The maximum atomic E-state index is 12.9. The lowest BCUT2D eigenvalue weighted by atomic mass is 10.1. The number of nitrogens with one attached hydrogen (secondary N) is 1. The summed E-state index contributed by atoms with van der Waals surface area (Å²) in [5.41, 5.74) is 1.83. The highest BCUT2D eigenvalue weighted by molar-refractivity contribution is 7.89. The minimum atomic E-state index is -3.70. The molecule has 1 amide bonds. The average molecular weight is 462 g/mol. The van der Waals surface area contributed by atoms with E-state index in [0.29, 0.717) is 13.1 Å². The maximum Gasteiger partial charge on any atom is 0.253 e. The average Bonchev–Trinajstić information content (AvgIpc) is 3.29. The molecule has 8 nitrogen and oxygen atoms in total. The first-order valence-corrected chi connectivity index (χ1v) is 11.6. The van der Waals surface area contributed by atoms with Crippen molar-refractivity contribution in [1.29, 1.82) is 0 Å². The molecule has 0 aliphatic heterocycles. The largest absolute Gasteiger partial charge is 0.345 e. The van der Waals surface area contributed by atoms with Crippen LogP contribution in [-0.2, 0) is 10.0 Å². The number of halogens is 1. The van der Waals surface area contributed by atoms with Gasteiger partial charge in [-0.3, -0.25) is 4.79 Å². The Morgan fingerprint density at radius 2 is 1.84 bits per heavy atom. The minimum Gasteiger partial charge on any atom is -0.345 e. The summed E-state index contributed by atoms with van der Waals surface area (Å²) >= 11 is 6.21. The van der Waals surface area contributed by atoms with E-state index in [1.165, 1.54) is 28.8 Å². The Kier molecular flexibility index (Phi) is 7.09. The van der Waals surface area contributed by atoms with Gasteiger partial charge in [-0.25, -0.2) is 18.1 Å². The third-order valence-electron chi connectivity index (χ3n) is 4.95. The van der Waals surface area contributed by atoms with Crippen LogP contribution in [0.1, 0.15) is 42.7 Å². The van der Waals surface area contributed by atoms with Gasteiger partial charge >= 0.3 is 0 Å². The first-order chi connectivity index (χ1) is 14.8. The SMILES string of the molecule is CCN(CC)S(=O)(=O)c1ccc(Cl)c(C(=O)NC(C)c2ccc(-n3cncn3)cc2)c1. The van der Waals surface area contributed by atoms with Gasteiger partial charge in [-0.15, -0.1) is 0 Å². The van der Waals surface area contributed by atoms with Gasteiger partial charge in [0.1, 0.15) is 12.7 Å². The summed E-state index contributed by atoms with van der Waals surface area (Å²) in [6, 6.07) is 11.4. The molecule has 31 heavy (non-hydrogen) atoms. The summed E-state index contributed by atoms with van der Waals surface area (Å²) in [5, 5.41) is 7.14. The molecule has 10 heteroatoms. The Bertz CT molecular complexity index is 1140. The second kappa shape index (κ2) is 9.59. The zero-order chi connectivity index (χ0) is 22.6. The summed E-state index contributed by atoms with van der Waals surface area (Å²) in [7, 11) is -3.70. The third kappa shape index (κ3) is 4.95. The van der Waals surface area contributed by atoms with E-state index in [2.05, 4.69) is 15.4 Å². The minimum absolute atomic E-state index is 0.0376. The van der Waals surface area contributed by atoms with Crippen LogP contribution in [0.15, 0.2) is 60.0 Å². The van der Waals surface area contributed by atoms with E-state index in [1.807, 2.05) is 31.2 Å². The number of sulfonamides is 1. The van der Waals surface area contributed by atoms with E-state index >= 15 is 0 Å². The van der Waals surface area contributed by atoms with E-state index in [1.54, 1.807) is 24.9 Å². The van der Waals surface area contributed by atoms with Gasteiger partial charge < -0.3 is 5.32 Å². The van der Waals surface area contributed by atoms with Gasteiger partial charge in [-0.05, 0) is 42.8 Å². The highest BCUT2D eigenvalue weighted by Crippen LogP contribution is 2.24. The van der Waals surface area contributed by atoms with Crippen LogP contribution >= 0.6 is 11.6 Å². The van der Waals surface area contributed by atoms with Crippen molar-refractivity contribution in [3.8, 4) is 5.69 Å². The molecule has 0 spiro atoms. The molecule has 0 bridgehead atoms. The molecule has 0 aliphatic rings. The Balaban J connectivity index is 1.80. The fourth-order valence-corrected chi connectivity index (χ4v) is 4.85. The van der Waals surface area contributed by atoms with Crippen LogP contribution in [0.4, 0.5) is 0 Å². The summed E-state index contributed by atoms with van der Waals surface area (Å²) in [6.07, 6.45) is 3.05. The number of aromatic nitrogens is 3. The number of amides is 1. The lowest BCUT2D eigenvalue weighted by Crippen LogP contribution is -2.31. The normalized spacial score (nSPS) is 12.7. The van der Waals surface area contributed by atoms with E-state index in [-0.39, 0.29) is 21.5 Å². The van der Waals surface area contributed by atoms with Crippen molar-refractivity contribution in [1.82, 2.24) is 24.4 Å². The molecular weight excluding hydrogens is 438 g/mol. The third-order valence-corrected chi connectivity index (χ3v) is 7.33.